The Morgan fingerprint density at radius 1 is 1.04 bits per heavy atom. The van der Waals surface area contributed by atoms with Crippen LogP contribution in [0.25, 0.3) is 11.4 Å². The summed E-state index contributed by atoms with van der Waals surface area (Å²) < 4.78 is 0. The van der Waals surface area contributed by atoms with Crippen LogP contribution in [0.2, 0.25) is 0 Å². The number of hydrogen-bond donors (Lipinski definition) is 0. The van der Waals surface area contributed by atoms with Crippen LogP contribution in [-0.2, 0) is 24.3 Å². The lowest BCUT2D eigenvalue weighted by Gasteiger charge is -2.17. The first kappa shape index (κ1) is 16.8. The zero-order valence-corrected chi connectivity index (χ0v) is 14.5. The van der Waals surface area contributed by atoms with Crippen molar-refractivity contribution in [1.29, 1.82) is 0 Å². The van der Waals surface area contributed by atoms with Gasteiger partial charge in [-0.3, -0.25) is 4.79 Å². The number of carbonyl (C=O) groups excluding carboxylic acids is 1. The van der Waals surface area contributed by atoms with Crippen LogP contribution >= 0.6 is 0 Å². The number of carbonyl (C=O) groups is 1. The Bertz CT molecular complexity index is 827. The summed E-state index contributed by atoms with van der Waals surface area (Å²) in [7, 11) is 1.78. The molecule has 1 aromatic heterocycles. The van der Waals surface area contributed by atoms with Crippen molar-refractivity contribution < 1.29 is 4.79 Å². The fourth-order valence-corrected chi connectivity index (χ4v) is 2.50. The van der Waals surface area contributed by atoms with E-state index in [4.69, 9.17) is 0 Å². The van der Waals surface area contributed by atoms with Gasteiger partial charge in [-0.15, -0.1) is 10.2 Å². The van der Waals surface area contributed by atoms with E-state index in [0.29, 0.717) is 12.4 Å². The van der Waals surface area contributed by atoms with E-state index in [9.17, 15) is 4.79 Å². The highest BCUT2D eigenvalue weighted by molar-refractivity contribution is 5.75. The monoisotopic (exact) mass is 335 g/mol. The largest absolute Gasteiger partial charge is 0.340 e. The second-order valence-electron chi connectivity index (χ2n) is 5.93. The molecule has 0 aliphatic carbocycles. The minimum absolute atomic E-state index is 0.0587. The highest BCUT2D eigenvalue weighted by Crippen LogP contribution is 2.12. The highest BCUT2D eigenvalue weighted by Gasteiger charge is 2.13. The van der Waals surface area contributed by atoms with Gasteiger partial charge in [0.15, 0.2) is 0 Å². The summed E-state index contributed by atoms with van der Waals surface area (Å²) in [6, 6.07) is 17.9. The average Bonchev–Trinajstić information content (AvgIpc) is 3.11. The van der Waals surface area contributed by atoms with Gasteiger partial charge in [0.1, 0.15) is 6.54 Å². The number of likely N-dealkylation sites (N-methyl/N-ethyl adjacent to an activating group) is 1. The van der Waals surface area contributed by atoms with Gasteiger partial charge < -0.3 is 4.90 Å². The second kappa shape index (κ2) is 7.70. The second-order valence-corrected chi connectivity index (χ2v) is 5.93. The minimum atomic E-state index is -0.0587. The maximum atomic E-state index is 12.4. The molecule has 0 bridgehead atoms. The Morgan fingerprint density at radius 2 is 1.72 bits per heavy atom. The van der Waals surface area contributed by atoms with E-state index in [-0.39, 0.29) is 12.5 Å². The molecule has 0 atom stereocenters. The maximum absolute atomic E-state index is 12.4. The van der Waals surface area contributed by atoms with Gasteiger partial charge in [0.25, 0.3) is 0 Å². The molecule has 2 aromatic carbocycles. The number of amides is 1. The van der Waals surface area contributed by atoms with Crippen LogP contribution in [0.3, 0.4) is 0 Å². The average molecular weight is 335 g/mol. The molecule has 0 aliphatic heterocycles. The summed E-state index contributed by atoms with van der Waals surface area (Å²) in [6.07, 6.45) is 1.01. The van der Waals surface area contributed by atoms with Gasteiger partial charge in [0, 0.05) is 19.2 Å². The summed E-state index contributed by atoms with van der Waals surface area (Å²) in [6.45, 7) is 2.76. The SMILES string of the molecule is CCc1ccc(CN(C)C(=O)Cn2nnc(-c3ccccc3)n2)cc1. The molecular weight excluding hydrogens is 314 g/mol. The van der Waals surface area contributed by atoms with Crippen LogP contribution in [0.4, 0.5) is 0 Å². The molecule has 0 N–H and O–H groups in total. The highest BCUT2D eigenvalue weighted by atomic mass is 16.2. The van der Waals surface area contributed by atoms with Crippen LogP contribution in [0.1, 0.15) is 18.1 Å². The molecule has 6 heteroatoms. The summed E-state index contributed by atoms with van der Waals surface area (Å²) in [4.78, 5) is 15.4. The fraction of sp³-hybridized carbons (Fsp3) is 0.263. The third-order valence-electron chi connectivity index (χ3n) is 4.04. The third kappa shape index (κ3) is 4.29. The van der Waals surface area contributed by atoms with Crippen molar-refractivity contribution in [2.24, 2.45) is 0 Å². The lowest BCUT2D eigenvalue weighted by Crippen LogP contribution is -2.30. The normalized spacial score (nSPS) is 10.6. The molecule has 1 amide bonds. The van der Waals surface area contributed by atoms with Gasteiger partial charge in [0.2, 0.25) is 11.7 Å². The number of tetrazole rings is 1. The molecule has 0 saturated carbocycles. The fourth-order valence-electron chi connectivity index (χ4n) is 2.50. The van der Waals surface area contributed by atoms with Crippen molar-refractivity contribution in [1.82, 2.24) is 25.1 Å². The summed E-state index contributed by atoms with van der Waals surface area (Å²) >= 11 is 0. The van der Waals surface area contributed by atoms with E-state index >= 15 is 0 Å². The number of aromatic nitrogens is 4. The van der Waals surface area contributed by atoms with Crippen LogP contribution < -0.4 is 0 Å². The molecule has 1 heterocycles. The number of benzene rings is 2. The van der Waals surface area contributed by atoms with Crippen LogP contribution in [0.15, 0.2) is 54.6 Å². The lowest BCUT2D eigenvalue weighted by molar-refractivity contribution is -0.131. The molecule has 25 heavy (non-hydrogen) atoms. The van der Waals surface area contributed by atoms with Crippen LogP contribution in [0.5, 0.6) is 0 Å². The van der Waals surface area contributed by atoms with E-state index in [1.54, 1.807) is 11.9 Å². The first-order valence-corrected chi connectivity index (χ1v) is 8.30. The Kier molecular flexibility index (Phi) is 5.18. The zero-order chi connectivity index (χ0) is 17.6. The Balaban J connectivity index is 1.60. The smallest absolute Gasteiger partial charge is 0.246 e. The van der Waals surface area contributed by atoms with E-state index in [1.807, 2.05) is 30.3 Å². The maximum Gasteiger partial charge on any atom is 0.246 e. The van der Waals surface area contributed by atoms with Gasteiger partial charge in [-0.2, -0.15) is 4.80 Å². The van der Waals surface area contributed by atoms with Gasteiger partial charge in [-0.1, -0.05) is 61.5 Å². The molecule has 3 rings (SSSR count). The van der Waals surface area contributed by atoms with Crippen molar-refractivity contribution in [3.05, 3.63) is 65.7 Å². The first-order valence-electron chi connectivity index (χ1n) is 8.30. The van der Waals surface area contributed by atoms with Gasteiger partial charge >= 0.3 is 0 Å². The summed E-state index contributed by atoms with van der Waals surface area (Å²) in [5.74, 6) is 0.461. The van der Waals surface area contributed by atoms with E-state index < -0.39 is 0 Å². The van der Waals surface area contributed by atoms with Crippen molar-refractivity contribution in [2.45, 2.75) is 26.4 Å². The van der Waals surface area contributed by atoms with E-state index in [2.05, 4.69) is 46.6 Å². The molecule has 0 saturated heterocycles. The molecule has 0 unspecified atom stereocenters. The molecule has 0 spiro atoms. The number of nitrogens with zero attached hydrogens (tertiary/aromatic N) is 5. The van der Waals surface area contributed by atoms with Gasteiger partial charge in [-0.05, 0) is 22.8 Å². The third-order valence-corrected chi connectivity index (χ3v) is 4.04. The Hall–Kier alpha value is -3.02. The quantitative estimate of drug-likeness (QED) is 0.694. The van der Waals surface area contributed by atoms with Crippen molar-refractivity contribution in [3.63, 3.8) is 0 Å². The Labute approximate surface area is 147 Å². The van der Waals surface area contributed by atoms with Gasteiger partial charge in [-0.25, -0.2) is 0 Å². The van der Waals surface area contributed by atoms with Crippen molar-refractivity contribution in [2.75, 3.05) is 7.05 Å². The van der Waals surface area contributed by atoms with Gasteiger partial charge in [0.05, 0.1) is 0 Å². The molecule has 0 fully saturated rings. The standard InChI is InChI=1S/C19H21N5O/c1-3-15-9-11-16(12-10-15)13-23(2)18(25)14-24-21-19(20-22-24)17-7-5-4-6-8-17/h4-12H,3,13-14H2,1-2H3. The van der Waals surface area contributed by atoms with Crippen molar-refractivity contribution in [3.8, 4) is 11.4 Å². The van der Waals surface area contributed by atoms with Crippen LogP contribution in [0, 0.1) is 0 Å². The predicted molar refractivity (Wildman–Crippen MR) is 95.5 cm³/mol. The zero-order valence-electron chi connectivity index (χ0n) is 14.5. The summed E-state index contributed by atoms with van der Waals surface area (Å²) in [5.41, 5.74) is 3.27. The minimum Gasteiger partial charge on any atom is -0.340 e. The molecule has 3 aromatic rings. The number of rotatable bonds is 6. The molecule has 0 aliphatic rings. The van der Waals surface area contributed by atoms with E-state index in [0.717, 1.165) is 17.5 Å². The lowest BCUT2D eigenvalue weighted by atomic mass is 10.1. The van der Waals surface area contributed by atoms with Crippen molar-refractivity contribution >= 4 is 5.91 Å². The van der Waals surface area contributed by atoms with Crippen LogP contribution in [-0.4, -0.2) is 38.1 Å². The van der Waals surface area contributed by atoms with E-state index in [1.165, 1.54) is 10.4 Å². The summed E-state index contributed by atoms with van der Waals surface area (Å²) in [5, 5.41) is 12.3. The number of hydrogen-bond acceptors (Lipinski definition) is 4. The molecular formula is C19H21N5O. The molecule has 0 radical (unpaired) electrons. The molecule has 6 nitrogen and oxygen atoms in total. The first-order chi connectivity index (χ1) is 12.2. The topological polar surface area (TPSA) is 63.9 Å². The Morgan fingerprint density at radius 3 is 2.40 bits per heavy atom. The predicted octanol–water partition coefficient (Wildman–Crippen LogP) is 2.56. The number of aryl methyl sites for hydroxylation is 1. The molecule has 128 valence electrons.